The highest BCUT2D eigenvalue weighted by molar-refractivity contribution is 5.89. The predicted molar refractivity (Wildman–Crippen MR) is 73.1 cm³/mol. The van der Waals surface area contributed by atoms with Crippen molar-refractivity contribution >= 4 is 11.8 Å². The number of hydrogen-bond acceptors (Lipinski definition) is 4. The lowest BCUT2D eigenvalue weighted by molar-refractivity contribution is -0.147. The van der Waals surface area contributed by atoms with Gasteiger partial charge in [0.2, 0.25) is 11.8 Å². The normalized spacial score (nSPS) is 32.1. The summed E-state index contributed by atoms with van der Waals surface area (Å²) in [4.78, 5) is 27.4. The predicted octanol–water partition coefficient (Wildman–Crippen LogP) is -0.478. The lowest BCUT2D eigenvalue weighted by Gasteiger charge is -2.46. The number of likely N-dealkylation sites (tertiary alicyclic amines) is 2. The van der Waals surface area contributed by atoms with E-state index >= 15 is 0 Å². The Morgan fingerprint density at radius 3 is 2.43 bits per heavy atom. The second kappa shape index (κ2) is 5.88. The topological polar surface area (TPSA) is 75.9 Å². The van der Waals surface area contributed by atoms with Crippen LogP contribution in [0.4, 0.5) is 4.39 Å². The molecule has 3 rings (SSSR count). The second-order valence-corrected chi connectivity index (χ2v) is 6.24. The number of carbonyl (C=O) groups is 2. The van der Waals surface area contributed by atoms with Crippen LogP contribution in [0.15, 0.2) is 0 Å². The number of carbonyl (C=O) groups excluding carboxylic acids is 2. The van der Waals surface area contributed by atoms with Gasteiger partial charge in [0, 0.05) is 38.8 Å². The highest BCUT2D eigenvalue weighted by Crippen LogP contribution is 2.29. The molecule has 7 heteroatoms. The largest absolute Gasteiger partial charge is 0.381 e. The molecule has 0 aromatic carbocycles. The quantitative estimate of drug-likeness (QED) is 0.764. The number of ether oxygens (including phenoxy) is 1. The Labute approximate surface area is 123 Å². The van der Waals surface area contributed by atoms with Crippen molar-refractivity contribution in [3.8, 4) is 0 Å². The molecule has 3 heterocycles. The Kier molecular flexibility index (Phi) is 4.12. The molecule has 0 bridgehead atoms. The smallest absolute Gasteiger partial charge is 0.240 e. The van der Waals surface area contributed by atoms with Crippen molar-refractivity contribution in [1.29, 1.82) is 0 Å². The molecule has 0 aliphatic carbocycles. The van der Waals surface area contributed by atoms with Crippen LogP contribution in [-0.2, 0) is 14.3 Å². The van der Waals surface area contributed by atoms with Gasteiger partial charge in [0.1, 0.15) is 12.2 Å². The maximum absolute atomic E-state index is 13.5. The second-order valence-electron chi connectivity index (χ2n) is 6.24. The zero-order valence-corrected chi connectivity index (χ0v) is 12.0. The SMILES string of the molecule is NC(=O)[C@@H]1C[C@@H](F)CN1C(=O)C1CN(C2CCOCC2)C1. The highest BCUT2D eigenvalue weighted by Gasteiger charge is 2.45. The molecule has 3 fully saturated rings. The van der Waals surface area contributed by atoms with Gasteiger partial charge in [-0.2, -0.15) is 0 Å². The van der Waals surface area contributed by atoms with E-state index < -0.39 is 18.1 Å². The van der Waals surface area contributed by atoms with E-state index in [1.807, 2.05) is 0 Å². The Morgan fingerprint density at radius 2 is 1.81 bits per heavy atom. The number of alkyl halides is 1. The number of rotatable bonds is 3. The number of amides is 2. The van der Waals surface area contributed by atoms with Gasteiger partial charge in [0.25, 0.3) is 0 Å². The summed E-state index contributed by atoms with van der Waals surface area (Å²) in [6.07, 6.45) is 0.901. The number of hydrogen-bond donors (Lipinski definition) is 1. The first-order chi connectivity index (χ1) is 10.1. The van der Waals surface area contributed by atoms with Crippen molar-refractivity contribution in [2.75, 3.05) is 32.8 Å². The van der Waals surface area contributed by atoms with Gasteiger partial charge in [-0.1, -0.05) is 0 Å². The third-order valence-corrected chi connectivity index (χ3v) is 4.83. The number of nitrogens with two attached hydrogens (primary N) is 1. The van der Waals surface area contributed by atoms with Crippen LogP contribution in [0.25, 0.3) is 0 Å². The molecule has 3 aliphatic rings. The Bertz CT molecular complexity index is 422. The summed E-state index contributed by atoms with van der Waals surface area (Å²) in [5, 5.41) is 0. The molecule has 2 N–H and O–H groups in total. The maximum Gasteiger partial charge on any atom is 0.240 e. The van der Waals surface area contributed by atoms with Crippen LogP contribution in [0.3, 0.4) is 0 Å². The van der Waals surface area contributed by atoms with Gasteiger partial charge in [-0.05, 0) is 12.8 Å². The average molecular weight is 299 g/mol. The minimum absolute atomic E-state index is 0.000207. The van der Waals surface area contributed by atoms with Gasteiger partial charge >= 0.3 is 0 Å². The molecular weight excluding hydrogens is 277 g/mol. The summed E-state index contributed by atoms with van der Waals surface area (Å²) < 4.78 is 18.8. The first kappa shape index (κ1) is 14.7. The Hall–Kier alpha value is -1.21. The lowest BCUT2D eigenvalue weighted by Crippen LogP contribution is -2.59. The zero-order chi connectivity index (χ0) is 15.0. The Morgan fingerprint density at radius 1 is 1.14 bits per heavy atom. The van der Waals surface area contributed by atoms with E-state index in [0.717, 1.165) is 26.1 Å². The highest BCUT2D eigenvalue weighted by atomic mass is 19.1. The average Bonchev–Trinajstić information content (AvgIpc) is 2.80. The van der Waals surface area contributed by atoms with E-state index in [1.54, 1.807) is 0 Å². The van der Waals surface area contributed by atoms with Gasteiger partial charge in [-0.25, -0.2) is 4.39 Å². The minimum Gasteiger partial charge on any atom is -0.381 e. The van der Waals surface area contributed by atoms with Crippen molar-refractivity contribution in [3.63, 3.8) is 0 Å². The summed E-state index contributed by atoms with van der Waals surface area (Å²) in [6.45, 7) is 2.95. The van der Waals surface area contributed by atoms with E-state index in [9.17, 15) is 14.0 Å². The molecule has 3 aliphatic heterocycles. The first-order valence-corrected chi connectivity index (χ1v) is 7.62. The van der Waals surface area contributed by atoms with Crippen molar-refractivity contribution < 1.29 is 18.7 Å². The molecule has 0 saturated carbocycles. The molecule has 2 atom stereocenters. The van der Waals surface area contributed by atoms with Gasteiger partial charge in [-0.3, -0.25) is 14.5 Å². The van der Waals surface area contributed by atoms with Crippen LogP contribution in [0, 0.1) is 5.92 Å². The summed E-state index contributed by atoms with van der Waals surface area (Å²) in [5.74, 6) is -0.855. The monoisotopic (exact) mass is 299 g/mol. The third kappa shape index (κ3) is 2.89. The Balaban J connectivity index is 1.54. The number of halogens is 1. The van der Waals surface area contributed by atoms with Crippen LogP contribution in [0.1, 0.15) is 19.3 Å². The first-order valence-electron chi connectivity index (χ1n) is 7.62. The molecule has 6 nitrogen and oxygen atoms in total. The molecule has 21 heavy (non-hydrogen) atoms. The lowest BCUT2D eigenvalue weighted by atomic mass is 9.93. The standard InChI is InChI=1S/C14H22FN3O3/c15-10-5-12(13(16)19)18(8-10)14(20)9-6-17(7-9)11-1-3-21-4-2-11/h9-12H,1-8H2,(H2,16,19)/t10-,12+/m1/s1. The van der Waals surface area contributed by atoms with E-state index in [-0.39, 0.29) is 24.8 Å². The van der Waals surface area contributed by atoms with Gasteiger partial charge in [0.15, 0.2) is 0 Å². The van der Waals surface area contributed by atoms with E-state index in [0.29, 0.717) is 19.1 Å². The van der Waals surface area contributed by atoms with Crippen molar-refractivity contribution in [3.05, 3.63) is 0 Å². The fraction of sp³-hybridized carbons (Fsp3) is 0.857. The maximum atomic E-state index is 13.5. The summed E-state index contributed by atoms with van der Waals surface area (Å²) in [7, 11) is 0. The summed E-state index contributed by atoms with van der Waals surface area (Å²) >= 11 is 0. The van der Waals surface area contributed by atoms with E-state index in [4.69, 9.17) is 10.5 Å². The summed E-state index contributed by atoms with van der Waals surface area (Å²) in [5.41, 5.74) is 5.27. The number of primary amides is 1. The van der Waals surface area contributed by atoms with Gasteiger partial charge in [0.05, 0.1) is 12.5 Å². The third-order valence-electron chi connectivity index (χ3n) is 4.83. The van der Waals surface area contributed by atoms with Crippen molar-refractivity contribution in [1.82, 2.24) is 9.80 Å². The summed E-state index contributed by atoms with van der Waals surface area (Å²) in [6, 6.07) is -0.285. The van der Waals surface area contributed by atoms with Gasteiger partial charge in [-0.15, -0.1) is 0 Å². The van der Waals surface area contributed by atoms with E-state index in [2.05, 4.69) is 4.90 Å². The van der Waals surface area contributed by atoms with Crippen LogP contribution >= 0.6 is 0 Å². The van der Waals surface area contributed by atoms with Gasteiger partial charge < -0.3 is 15.4 Å². The fourth-order valence-electron chi connectivity index (χ4n) is 3.55. The van der Waals surface area contributed by atoms with Crippen LogP contribution in [0.5, 0.6) is 0 Å². The fourth-order valence-corrected chi connectivity index (χ4v) is 3.55. The molecule has 0 aromatic rings. The molecule has 3 saturated heterocycles. The molecule has 118 valence electrons. The van der Waals surface area contributed by atoms with Crippen LogP contribution < -0.4 is 5.73 Å². The zero-order valence-electron chi connectivity index (χ0n) is 12.0. The molecule has 0 unspecified atom stereocenters. The number of nitrogens with zero attached hydrogens (tertiary/aromatic N) is 2. The molecule has 0 aromatic heterocycles. The molecule has 0 radical (unpaired) electrons. The van der Waals surface area contributed by atoms with Crippen LogP contribution in [-0.4, -0.2) is 72.7 Å². The van der Waals surface area contributed by atoms with E-state index in [1.165, 1.54) is 4.90 Å². The van der Waals surface area contributed by atoms with Crippen LogP contribution in [0.2, 0.25) is 0 Å². The molecule has 0 spiro atoms. The minimum atomic E-state index is -1.14. The van der Waals surface area contributed by atoms with Crippen molar-refractivity contribution in [2.24, 2.45) is 11.7 Å². The van der Waals surface area contributed by atoms with Crippen molar-refractivity contribution in [2.45, 2.75) is 37.5 Å². The molecular formula is C14H22FN3O3. The molecule has 2 amide bonds.